The molecule has 4 N–H and O–H groups in total. The van der Waals surface area contributed by atoms with Gasteiger partial charge in [-0.3, -0.25) is 14.4 Å². The molecular formula is C32H40N12O2. The number of aryl methyl sites for hydroxylation is 3. The standard InChI is InChI=1S/C32H40N12O2/c1-20-16-36-32(38-26-15-21(2)43(5)41-26)40-29(20)24-17-35-30-23(24)7-6-8-25(30)37-27(45)19-44-13-10-22(18-44)46-28-9-11-33-31(39-28)34-12-14-42(3)4/h6-9,11,15-17,22,35H,10,12-14,18-19H2,1-5H3,(H,37,45)(H,33,34,39)(H,36,38,40,41). The highest BCUT2D eigenvalue weighted by atomic mass is 16.5. The molecule has 1 aliphatic rings. The number of hydrogen-bond acceptors (Lipinski definition) is 11. The lowest BCUT2D eigenvalue weighted by atomic mass is 10.1. The SMILES string of the molecule is Cc1cnc(Nc2cc(C)n(C)n2)nc1-c1c[nH]c2c(NC(=O)CN3CCC(Oc4ccnc(NCCN(C)C)n4)C3)cccc12. The Morgan fingerprint density at radius 2 is 2.02 bits per heavy atom. The molecule has 5 heterocycles. The second-order valence-corrected chi connectivity index (χ2v) is 11.8. The Morgan fingerprint density at radius 3 is 2.83 bits per heavy atom. The largest absolute Gasteiger partial charge is 0.473 e. The summed E-state index contributed by atoms with van der Waals surface area (Å²) in [7, 11) is 5.93. The van der Waals surface area contributed by atoms with Crippen molar-refractivity contribution >= 4 is 40.2 Å². The number of carbonyl (C=O) groups excluding carboxylic acids is 1. The molecule has 1 amide bonds. The van der Waals surface area contributed by atoms with Crippen LogP contribution >= 0.6 is 0 Å². The minimum Gasteiger partial charge on any atom is -0.473 e. The van der Waals surface area contributed by atoms with Crippen LogP contribution in [-0.4, -0.2) is 103 Å². The van der Waals surface area contributed by atoms with Crippen molar-refractivity contribution in [2.45, 2.75) is 26.4 Å². The van der Waals surface area contributed by atoms with Crippen molar-refractivity contribution in [3.63, 3.8) is 0 Å². The summed E-state index contributed by atoms with van der Waals surface area (Å²) in [6.45, 7) is 7.24. The van der Waals surface area contributed by atoms with Gasteiger partial charge in [-0.15, -0.1) is 0 Å². The van der Waals surface area contributed by atoms with Crippen LogP contribution in [0.1, 0.15) is 17.7 Å². The number of rotatable bonds is 12. The second kappa shape index (κ2) is 13.5. The molecule has 0 bridgehead atoms. The molecule has 0 saturated carbocycles. The van der Waals surface area contributed by atoms with E-state index in [1.54, 1.807) is 23.1 Å². The summed E-state index contributed by atoms with van der Waals surface area (Å²) in [5.41, 5.74) is 5.22. The van der Waals surface area contributed by atoms with E-state index >= 15 is 0 Å². The minimum absolute atomic E-state index is 0.0519. The Hall–Kier alpha value is -5.08. The molecule has 14 heteroatoms. The minimum atomic E-state index is -0.0888. The first-order chi connectivity index (χ1) is 22.2. The Kier molecular flexibility index (Phi) is 9.08. The second-order valence-electron chi connectivity index (χ2n) is 11.8. The van der Waals surface area contributed by atoms with Crippen LogP contribution in [0.15, 0.2) is 48.9 Å². The van der Waals surface area contributed by atoms with Gasteiger partial charge < -0.3 is 30.6 Å². The Bertz CT molecular complexity index is 1810. The number of likely N-dealkylation sites (N-methyl/N-ethyl adjacent to an activating group) is 1. The summed E-state index contributed by atoms with van der Waals surface area (Å²) in [5, 5.41) is 14.9. The summed E-state index contributed by atoms with van der Waals surface area (Å²) in [4.78, 5) is 38.7. The molecule has 240 valence electrons. The molecule has 1 aliphatic heterocycles. The average molecular weight is 625 g/mol. The predicted molar refractivity (Wildman–Crippen MR) is 178 cm³/mol. The molecule has 1 aromatic carbocycles. The highest BCUT2D eigenvalue weighted by Gasteiger charge is 2.26. The Labute approximate surface area is 267 Å². The van der Waals surface area contributed by atoms with Crippen molar-refractivity contribution in [2.24, 2.45) is 7.05 Å². The van der Waals surface area contributed by atoms with E-state index in [1.165, 1.54) is 0 Å². The number of H-pyrrole nitrogens is 1. The molecule has 1 unspecified atom stereocenters. The molecule has 46 heavy (non-hydrogen) atoms. The number of aromatic amines is 1. The van der Waals surface area contributed by atoms with Gasteiger partial charge in [0.1, 0.15) is 6.10 Å². The first-order valence-electron chi connectivity index (χ1n) is 15.3. The van der Waals surface area contributed by atoms with E-state index in [-0.39, 0.29) is 18.6 Å². The number of likely N-dealkylation sites (tertiary alicyclic amines) is 1. The first kappa shape index (κ1) is 30.9. The number of aromatic nitrogens is 7. The first-order valence-corrected chi connectivity index (χ1v) is 15.3. The fraction of sp³-hybridized carbons (Fsp3) is 0.375. The number of hydrogen-bond donors (Lipinski definition) is 4. The number of fused-ring (bicyclic) bond motifs is 1. The van der Waals surface area contributed by atoms with Crippen LogP contribution in [0.25, 0.3) is 22.2 Å². The number of para-hydroxylation sites is 1. The number of amides is 1. The molecule has 5 aromatic rings. The van der Waals surface area contributed by atoms with Gasteiger partial charge in [0, 0.05) is 80.6 Å². The van der Waals surface area contributed by atoms with Crippen LogP contribution in [-0.2, 0) is 11.8 Å². The van der Waals surface area contributed by atoms with Gasteiger partial charge >= 0.3 is 0 Å². The third kappa shape index (κ3) is 7.24. The van der Waals surface area contributed by atoms with Crippen LogP contribution in [0.3, 0.4) is 0 Å². The smallest absolute Gasteiger partial charge is 0.238 e. The molecule has 1 saturated heterocycles. The monoisotopic (exact) mass is 624 g/mol. The fourth-order valence-electron chi connectivity index (χ4n) is 5.45. The van der Waals surface area contributed by atoms with Crippen molar-refractivity contribution in [1.82, 2.24) is 44.5 Å². The summed E-state index contributed by atoms with van der Waals surface area (Å²) >= 11 is 0. The van der Waals surface area contributed by atoms with E-state index in [0.29, 0.717) is 35.8 Å². The van der Waals surface area contributed by atoms with Gasteiger partial charge in [0.2, 0.25) is 23.7 Å². The number of anilines is 4. The van der Waals surface area contributed by atoms with Crippen LogP contribution in [0.2, 0.25) is 0 Å². The lowest BCUT2D eigenvalue weighted by molar-refractivity contribution is -0.117. The van der Waals surface area contributed by atoms with Crippen LogP contribution in [0.4, 0.5) is 23.4 Å². The normalized spacial score (nSPS) is 15.0. The fourth-order valence-corrected chi connectivity index (χ4v) is 5.45. The maximum absolute atomic E-state index is 13.2. The zero-order valence-corrected chi connectivity index (χ0v) is 26.8. The Morgan fingerprint density at radius 1 is 1.15 bits per heavy atom. The average Bonchev–Trinajstić information content (AvgIpc) is 3.73. The zero-order chi connectivity index (χ0) is 32.2. The van der Waals surface area contributed by atoms with Crippen LogP contribution in [0.5, 0.6) is 5.88 Å². The van der Waals surface area contributed by atoms with Gasteiger partial charge in [-0.1, -0.05) is 12.1 Å². The molecule has 0 radical (unpaired) electrons. The molecular weight excluding hydrogens is 584 g/mol. The van der Waals surface area contributed by atoms with E-state index < -0.39 is 0 Å². The molecule has 1 fully saturated rings. The van der Waals surface area contributed by atoms with Crippen molar-refractivity contribution in [2.75, 3.05) is 62.8 Å². The van der Waals surface area contributed by atoms with Crippen molar-refractivity contribution < 1.29 is 9.53 Å². The third-order valence-electron chi connectivity index (χ3n) is 7.93. The van der Waals surface area contributed by atoms with Crippen LogP contribution in [0, 0.1) is 13.8 Å². The number of nitrogens with one attached hydrogen (secondary N) is 4. The summed E-state index contributed by atoms with van der Waals surface area (Å²) in [6.07, 6.45) is 6.17. The topological polar surface area (TPSA) is 154 Å². The molecule has 14 nitrogen and oxygen atoms in total. The number of carbonyl (C=O) groups is 1. The highest BCUT2D eigenvalue weighted by Crippen LogP contribution is 2.33. The van der Waals surface area contributed by atoms with Gasteiger partial charge in [-0.05, 0) is 46.0 Å². The number of benzene rings is 1. The summed E-state index contributed by atoms with van der Waals surface area (Å²) < 4.78 is 7.93. The van der Waals surface area contributed by atoms with Gasteiger partial charge in [0.05, 0.1) is 23.4 Å². The maximum atomic E-state index is 13.2. The lowest BCUT2D eigenvalue weighted by Crippen LogP contribution is -2.33. The quantitative estimate of drug-likeness (QED) is 0.161. The van der Waals surface area contributed by atoms with Gasteiger partial charge in [0.15, 0.2) is 5.82 Å². The summed E-state index contributed by atoms with van der Waals surface area (Å²) in [6, 6.07) is 9.57. The molecule has 0 spiro atoms. The van der Waals surface area contributed by atoms with Gasteiger partial charge in [0.25, 0.3) is 0 Å². The van der Waals surface area contributed by atoms with E-state index in [0.717, 1.165) is 59.5 Å². The highest BCUT2D eigenvalue weighted by molar-refractivity contribution is 6.06. The van der Waals surface area contributed by atoms with E-state index in [2.05, 4.69) is 50.8 Å². The molecule has 4 aromatic heterocycles. The molecule has 0 aliphatic carbocycles. The predicted octanol–water partition coefficient (Wildman–Crippen LogP) is 3.57. The van der Waals surface area contributed by atoms with E-state index in [4.69, 9.17) is 9.72 Å². The van der Waals surface area contributed by atoms with Crippen molar-refractivity contribution in [3.05, 3.63) is 60.2 Å². The third-order valence-corrected chi connectivity index (χ3v) is 7.93. The van der Waals surface area contributed by atoms with Gasteiger partial charge in [-0.2, -0.15) is 10.1 Å². The summed E-state index contributed by atoms with van der Waals surface area (Å²) in [5.74, 6) is 2.13. The van der Waals surface area contributed by atoms with Crippen molar-refractivity contribution in [1.29, 1.82) is 0 Å². The zero-order valence-electron chi connectivity index (χ0n) is 26.8. The van der Waals surface area contributed by atoms with Crippen molar-refractivity contribution in [3.8, 4) is 17.1 Å². The lowest BCUT2D eigenvalue weighted by Gasteiger charge is -2.17. The van der Waals surface area contributed by atoms with E-state index in [9.17, 15) is 4.79 Å². The Balaban J connectivity index is 1.08. The van der Waals surface area contributed by atoms with E-state index in [1.807, 2.05) is 65.5 Å². The number of ether oxygens (including phenoxy) is 1. The molecule has 6 rings (SSSR count). The number of nitrogens with zero attached hydrogens (tertiary/aromatic N) is 8. The maximum Gasteiger partial charge on any atom is 0.238 e. The van der Waals surface area contributed by atoms with Crippen LogP contribution < -0.4 is 20.7 Å². The van der Waals surface area contributed by atoms with Gasteiger partial charge in [-0.25, -0.2) is 15.0 Å². The molecule has 1 atom stereocenters.